The molecule has 0 aromatic heterocycles. The van der Waals surface area contributed by atoms with Gasteiger partial charge in [-0.3, -0.25) is 9.69 Å². The van der Waals surface area contributed by atoms with Crippen molar-refractivity contribution >= 4 is 21.9 Å². The summed E-state index contributed by atoms with van der Waals surface area (Å²) in [5, 5.41) is 2.94. The summed E-state index contributed by atoms with van der Waals surface area (Å²) >= 11 is 0. The van der Waals surface area contributed by atoms with Crippen molar-refractivity contribution in [2.45, 2.75) is 24.6 Å². The van der Waals surface area contributed by atoms with Gasteiger partial charge in [-0.25, -0.2) is 13.2 Å². The minimum absolute atomic E-state index is 0.000752. The monoisotopic (exact) mass is 395 g/mol. The molecule has 0 atom stereocenters. The van der Waals surface area contributed by atoms with Gasteiger partial charge in [0.2, 0.25) is 15.9 Å². The number of rotatable bonds is 7. The molecule has 0 unspecified atom stereocenters. The molecular weight excluding hydrogens is 370 g/mol. The van der Waals surface area contributed by atoms with Crippen LogP contribution in [0.5, 0.6) is 0 Å². The van der Waals surface area contributed by atoms with Crippen molar-refractivity contribution in [3.63, 3.8) is 0 Å². The zero-order valence-electron chi connectivity index (χ0n) is 15.4. The van der Waals surface area contributed by atoms with Gasteiger partial charge >= 0.3 is 5.97 Å². The first-order chi connectivity index (χ1) is 12.9. The molecule has 1 aliphatic carbocycles. The lowest BCUT2D eigenvalue weighted by Gasteiger charge is -2.33. The Labute approximate surface area is 159 Å². The third-order valence-electron chi connectivity index (χ3n) is 4.79. The van der Waals surface area contributed by atoms with E-state index in [-0.39, 0.29) is 17.2 Å². The first-order valence-electron chi connectivity index (χ1n) is 9.05. The number of esters is 1. The van der Waals surface area contributed by atoms with Crippen LogP contribution < -0.4 is 5.32 Å². The highest BCUT2D eigenvalue weighted by Gasteiger charge is 2.30. The fourth-order valence-corrected chi connectivity index (χ4v) is 4.66. The highest BCUT2D eigenvalue weighted by atomic mass is 32.2. The van der Waals surface area contributed by atoms with Gasteiger partial charge in [-0.1, -0.05) is 18.2 Å². The number of methoxy groups -OCH3 is 1. The Hall–Kier alpha value is -1.97. The van der Waals surface area contributed by atoms with E-state index >= 15 is 0 Å². The number of carbonyl (C=O) groups is 2. The minimum atomic E-state index is -3.56. The van der Waals surface area contributed by atoms with Gasteiger partial charge in [-0.05, 0) is 24.5 Å². The van der Waals surface area contributed by atoms with Gasteiger partial charge in [0.1, 0.15) is 0 Å². The Kier molecular flexibility index (Phi) is 6.13. The zero-order valence-corrected chi connectivity index (χ0v) is 16.2. The second-order valence-corrected chi connectivity index (χ2v) is 8.89. The van der Waals surface area contributed by atoms with Gasteiger partial charge in [-0.2, -0.15) is 4.31 Å². The number of ether oxygens (including phenoxy) is 1. The molecular formula is C18H25N3O5S. The predicted molar refractivity (Wildman–Crippen MR) is 99.6 cm³/mol. The van der Waals surface area contributed by atoms with Gasteiger partial charge in [-0.15, -0.1) is 0 Å². The standard InChI is InChI=1S/C18H25N3O5S/c1-26-18(23)16-5-3-2-4-14(16)13-27(24,25)21-10-8-20(9-11-21)12-17(22)19-15-6-7-15/h2-5,15H,6-13H2,1H3,(H,19,22). The van der Waals surface area contributed by atoms with E-state index in [0.29, 0.717) is 44.3 Å². The number of benzene rings is 1. The molecule has 8 nitrogen and oxygen atoms in total. The van der Waals surface area contributed by atoms with E-state index in [2.05, 4.69) is 5.32 Å². The third kappa shape index (κ3) is 5.27. The number of sulfonamides is 1. The van der Waals surface area contributed by atoms with Crippen LogP contribution in [0.25, 0.3) is 0 Å². The maximum absolute atomic E-state index is 12.8. The van der Waals surface area contributed by atoms with Gasteiger partial charge in [0.05, 0.1) is 25.0 Å². The van der Waals surface area contributed by atoms with E-state index in [9.17, 15) is 18.0 Å². The first kappa shape index (κ1) is 19.8. The Morgan fingerprint density at radius 1 is 1.15 bits per heavy atom. The van der Waals surface area contributed by atoms with Crippen LogP contribution in [0.1, 0.15) is 28.8 Å². The van der Waals surface area contributed by atoms with Crippen LogP contribution in [-0.2, 0) is 25.3 Å². The molecule has 0 bridgehead atoms. The molecule has 9 heteroatoms. The van der Waals surface area contributed by atoms with Gasteiger partial charge in [0.25, 0.3) is 0 Å². The highest BCUT2D eigenvalue weighted by Crippen LogP contribution is 2.19. The molecule has 1 aromatic rings. The topological polar surface area (TPSA) is 96.0 Å². The summed E-state index contributed by atoms with van der Waals surface area (Å²) in [5.74, 6) is -0.798. The number of nitrogens with one attached hydrogen (secondary N) is 1. The zero-order chi connectivity index (χ0) is 19.4. The molecule has 0 radical (unpaired) electrons. The van der Waals surface area contributed by atoms with E-state index in [1.807, 2.05) is 4.90 Å². The molecule has 1 aliphatic heterocycles. The summed E-state index contributed by atoms with van der Waals surface area (Å²) in [5.41, 5.74) is 0.689. The maximum Gasteiger partial charge on any atom is 0.338 e. The smallest absolute Gasteiger partial charge is 0.338 e. The molecule has 1 heterocycles. The van der Waals surface area contributed by atoms with Crippen molar-refractivity contribution in [1.82, 2.24) is 14.5 Å². The van der Waals surface area contributed by atoms with E-state index in [4.69, 9.17) is 4.74 Å². The van der Waals surface area contributed by atoms with Crippen LogP contribution in [0.15, 0.2) is 24.3 Å². The second kappa shape index (κ2) is 8.37. The van der Waals surface area contributed by atoms with Crippen molar-refractivity contribution in [3.8, 4) is 0 Å². The van der Waals surface area contributed by atoms with Crippen molar-refractivity contribution in [2.24, 2.45) is 0 Å². The SMILES string of the molecule is COC(=O)c1ccccc1CS(=O)(=O)N1CCN(CC(=O)NC2CC2)CC1. The van der Waals surface area contributed by atoms with Gasteiger partial charge < -0.3 is 10.1 Å². The normalized spacial score (nSPS) is 18.9. The Bertz CT molecular complexity index is 799. The lowest BCUT2D eigenvalue weighted by molar-refractivity contribution is -0.122. The van der Waals surface area contributed by atoms with Crippen LogP contribution in [0.4, 0.5) is 0 Å². The van der Waals surface area contributed by atoms with Crippen LogP contribution in [0.3, 0.4) is 0 Å². The molecule has 1 amide bonds. The molecule has 1 saturated carbocycles. The molecule has 3 rings (SSSR count). The minimum Gasteiger partial charge on any atom is -0.465 e. The van der Waals surface area contributed by atoms with E-state index in [0.717, 1.165) is 12.8 Å². The largest absolute Gasteiger partial charge is 0.465 e. The molecule has 2 aliphatic rings. The van der Waals surface area contributed by atoms with Crippen molar-refractivity contribution in [1.29, 1.82) is 0 Å². The maximum atomic E-state index is 12.8. The summed E-state index contributed by atoms with van der Waals surface area (Å²) in [6, 6.07) is 6.89. The van der Waals surface area contributed by atoms with E-state index in [1.54, 1.807) is 24.3 Å². The molecule has 2 fully saturated rings. The molecule has 148 valence electrons. The highest BCUT2D eigenvalue weighted by molar-refractivity contribution is 7.88. The fraction of sp³-hybridized carbons (Fsp3) is 0.556. The summed E-state index contributed by atoms with van der Waals surface area (Å²) in [4.78, 5) is 25.7. The van der Waals surface area contributed by atoms with E-state index in [1.165, 1.54) is 11.4 Å². The quantitative estimate of drug-likeness (QED) is 0.663. The Balaban J connectivity index is 1.57. The van der Waals surface area contributed by atoms with Crippen molar-refractivity contribution in [2.75, 3.05) is 39.8 Å². The summed E-state index contributed by atoms with van der Waals surface area (Å²) < 4.78 is 31.7. The molecule has 1 N–H and O–H groups in total. The lowest BCUT2D eigenvalue weighted by Crippen LogP contribution is -2.51. The number of hydrogen-bond acceptors (Lipinski definition) is 6. The summed E-state index contributed by atoms with van der Waals surface area (Å²) in [7, 11) is -2.29. The van der Waals surface area contributed by atoms with E-state index < -0.39 is 16.0 Å². The van der Waals surface area contributed by atoms with Crippen molar-refractivity contribution < 1.29 is 22.7 Å². The summed E-state index contributed by atoms with van der Waals surface area (Å²) in [6.07, 6.45) is 2.09. The van der Waals surface area contributed by atoms with Crippen molar-refractivity contribution in [3.05, 3.63) is 35.4 Å². The van der Waals surface area contributed by atoms with Crippen LogP contribution in [0.2, 0.25) is 0 Å². The number of piperazine rings is 1. The molecule has 0 spiro atoms. The predicted octanol–water partition coefficient (Wildman–Crippen LogP) is 0.199. The molecule has 1 saturated heterocycles. The first-order valence-corrected chi connectivity index (χ1v) is 10.7. The summed E-state index contributed by atoms with van der Waals surface area (Å²) in [6.45, 7) is 1.99. The number of carbonyl (C=O) groups excluding carboxylic acids is 2. The van der Waals surface area contributed by atoms with Crippen LogP contribution in [0, 0.1) is 0 Å². The number of nitrogens with zero attached hydrogens (tertiary/aromatic N) is 2. The molecule has 27 heavy (non-hydrogen) atoms. The number of hydrogen-bond donors (Lipinski definition) is 1. The average molecular weight is 395 g/mol. The third-order valence-corrected chi connectivity index (χ3v) is 6.62. The Morgan fingerprint density at radius 2 is 1.81 bits per heavy atom. The average Bonchev–Trinajstić information content (AvgIpc) is 3.45. The molecule has 1 aromatic carbocycles. The Morgan fingerprint density at radius 3 is 2.44 bits per heavy atom. The van der Waals surface area contributed by atoms with Gasteiger partial charge in [0.15, 0.2) is 0 Å². The number of amides is 1. The van der Waals surface area contributed by atoms with Gasteiger partial charge in [0, 0.05) is 32.2 Å². The fourth-order valence-electron chi connectivity index (χ4n) is 3.11. The van der Waals surface area contributed by atoms with Crippen LogP contribution in [-0.4, -0.2) is 75.4 Å². The lowest BCUT2D eigenvalue weighted by atomic mass is 10.1. The van der Waals surface area contributed by atoms with Crippen LogP contribution >= 0.6 is 0 Å². The second-order valence-electron chi connectivity index (χ2n) is 6.92.